The maximum Gasteiger partial charge on any atom is 0.332 e. The Morgan fingerprint density at radius 1 is 0.349 bits per heavy atom. The minimum absolute atomic E-state index is 0.259. The topological polar surface area (TPSA) is 864 Å². The molecule has 4 amide bonds. The van der Waals surface area contributed by atoms with E-state index >= 15 is 0 Å². The second-order valence-electron chi connectivity index (χ2n) is 32.9. The van der Waals surface area contributed by atoms with E-state index < -0.39 is 408 Å². The largest absolute Gasteiger partial charge is 0.410 e. The van der Waals surface area contributed by atoms with Crippen molar-refractivity contribution in [2.75, 3.05) is 66.1 Å². The first-order chi connectivity index (χ1) is 61.0. The molecule has 746 valence electrons. The number of nitrogens with one attached hydrogen (secondary N) is 4. The van der Waals surface area contributed by atoms with Gasteiger partial charge in [0.25, 0.3) is 6.47 Å². The van der Waals surface area contributed by atoms with Crippen LogP contribution in [0.5, 0.6) is 0 Å². The molecule has 10 rings (SSSR count). The van der Waals surface area contributed by atoms with Crippen molar-refractivity contribution >= 4 is 30.1 Å². The molecular formula is C73H122N4O52. The van der Waals surface area contributed by atoms with Gasteiger partial charge in [0.05, 0.1) is 96.8 Å². The lowest BCUT2D eigenvalue weighted by Crippen LogP contribution is -2.71. The van der Waals surface area contributed by atoms with E-state index in [1.54, 1.807) is 0 Å². The quantitative estimate of drug-likeness (QED) is 0.0205. The van der Waals surface area contributed by atoms with Gasteiger partial charge < -0.3 is 254 Å². The van der Waals surface area contributed by atoms with Crippen LogP contribution in [0.15, 0.2) is 0 Å². The summed E-state index contributed by atoms with van der Waals surface area (Å²) in [6.45, 7) is -4.84. The van der Waals surface area contributed by atoms with Gasteiger partial charge in [-0.1, -0.05) is 6.92 Å². The molecule has 0 aliphatic carbocycles. The highest BCUT2D eigenvalue weighted by atomic mass is 16.9. The Bertz CT molecular complexity index is 3520. The Morgan fingerprint density at radius 2 is 0.667 bits per heavy atom. The smallest absolute Gasteiger partial charge is 0.332 e. The Hall–Kier alpha value is -4.49. The summed E-state index contributed by atoms with van der Waals surface area (Å²) in [6, 6.07) is -7.17. The van der Waals surface area contributed by atoms with Crippen LogP contribution in [-0.2, 0) is 119 Å². The van der Waals surface area contributed by atoms with Crippen LogP contribution >= 0.6 is 0 Å². The highest BCUT2D eigenvalue weighted by Gasteiger charge is 2.63. The fraction of sp³-hybridized carbons (Fsp3) is 0.932. The Morgan fingerprint density at radius 3 is 1.08 bits per heavy atom. The fourth-order valence-electron chi connectivity index (χ4n) is 17.0. The molecule has 0 aromatic heterocycles. The number of hydrogen-bond donors (Lipinski definition) is 31. The molecule has 0 aromatic rings. The van der Waals surface area contributed by atoms with Crippen molar-refractivity contribution in [3.05, 3.63) is 0 Å². The van der Waals surface area contributed by atoms with Crippen LogP contribution in [0.4, 0.5) is 0 Å². The van der Waals surface area contributed by atoms with E-state index in [9.17, 15) is 162 Å². The summed E-state index contributed by atoms with van der Waals surface area (Å²) < 4.78 is 119. The average molecular weight is 1890 g/mol. The predicted molar refractivity (Wildman–Crippen MR) is 399 cm³/mol. The van der Waals surface area contributed by atoms with Crippen molar-refractivity contribution in [1.82, 2.24) is 21.3 Å². The second kappa shape index (κ2) is 46.6. The van der Waals surface area contributed by atoms with Crippen molar-refractivity contribution in [3.8, 4) is 0 Å². The monoisotopic (exact) mass is 1890 g/mol. The first-order valence-corrected chi connectivity index (χ1v) is 41.4. The van der Waals surface area contributed by atoms with Crippen LogP contribution in [0, 0.1) is 5.92 Å². The minimum Gasteiger partial charge on any atom is -0.410 e. The molecule has 0 aromatic carbocycles. The van der Waals surface area contributed by atoms with Gasteiger partial charge >= 0.3 is 5.97 Å². The van der Waals surface area contributed by atoms with Gasteiger partial charge in [0.1, 0.15) is 226 Å². The van der Waals surface area contributed by atoms with Crippen LogP contribution < -0.4 is 21.3 Å². The van der Waals surface area contributed by atoms with Crippen LogP contribution in [0.2, 0.25) is 0 Å². The van der Waals surface area contributed by atoms with Gasteiger partial charge in [0, 0.05) is 33.6 Å². The number of carbonyl (C=O) groups excluding carboxylic acids is 5. The number of ether oxygens (including phenoxy) is 20. The first-order valence-electron chi connectivity index (χ1n) is 41.4. The third kappa shape index (κ3) is 23.7. The van der Waals surface area contributed by atoms with Crippen molar-refractivity contribution in [2.24, 2.45) is 5.92 Å². The number of aliphatic hydroxyl groups excluding tert-OH is 27. The molecule has 20 unspecified atom stereocenters. The summed E-state index contributed by atoms with van der Waals surface area (Å²) in [6.07, 6.45) is -94.8. The maximum atomic E-state index is 13.3. The minimum atomic E-state index is -2.90. The lowest BCUT2D eigenvalue weighted by molar-refractivity contribution is -0.448. The highest BCUT2D eigenvalue weighted by Crippen LogP contribution is 2.44. The summed E-state index contributed by atoms with van der Waals surface area (Å²) in [5.41, 5.74) is 0. The van der Waals surface area contributed by atoms with Crippen molar-refractivity contribution in [2.45, 2.75) is 354 Å². The lowest BCUT2D eigenvalue weighted by Gasteiger charge is -2.51. The van der Waals surface area contributed by atoms with Crippen molar-refractivity contribution in [1.29, 1.82) is 0 Å². The van der Waals surface area contributed by atoms with Crippen molar-refractivity contribution < 1.29 is 257 Å². The molecule has 129 heavy (non-hydrogen) atoms. The van der Waals surface area contributed by atoms with E-state index in [1.807, 2.05) is 0 Å². The van der Waals surface area contributed by atoms with E-state index in [0.717, 1.165) is 27.7 Å². The van der Waals surface area contributed by atoms with Crippen molar-refractivity contribution in [3.63, 3.8) is 0 Å². The maximum absolute atomic E-state index is 13.3. The predicted octanol–water partition coefficient (Wildman–Crippen LogP) is -20.6. The third-order valence-corrected chi connectivity index (χ3v) is 24.0. The molecule has 0 radical (unpaired) electrons. The number of aliphatic hydroxyl groups is 27. The lowest BCUT2D eigenvalue weighted by atomic mass is 9.87. The van der Waals surface area contributed by atoms with Gasteiger partial charge in [-0.15, -0.1) is 0 Å². The zero-order valence-electron chi connectivity index (χ0n) is 70.0. The summed E-state index contributed by atoms with van der Waals surface area (Å²) >= 11 is 0. The second-order valence-corrected chi connectivity index (χ2v) is 32.9. The van der Waals surface area contributed by atoms with Crippen LogP contribution in [0.25, 0.3) is 0 Å². The van der Waals surface area contributed by atoms with E-state index in [0.29, 0.717) is 0 Å². The van der Waals surface area contributed by atoms with E-state index in [2.05, 4.69) is 21.3 Å². The SMILES string of the molecule is CC(=O)NC1C(O)[C@H](O[C@@H]2OC(CO)[C@H](O)[C@H](O)C2O)[C@H](CO)O[C@H]1OC1[C@@H](OCC2O[C@@H](O[C@@H]3C(CO)O[C@@H](O[C@@H]4C(CO)O[C@@H](C)[C@@H](NC(C)=O)C4O)[C@@H](NC(C)=O)C3O)[C@H](O)C(O[C@H]3OC(CO)[C@@H](O)C(O)C3O[C@@H]3OC(CO)[C@@H](O[C@@H]4OC(CO)[C@H](O)[C@H](O[C@]5(OC=O)C[C@@H](O)[C@@H](C)C([C@H](O)[C@H](O)CO)O5)C4O)[C@H](O)C3NC(C)=O)[C@@H]2O)OC(CO)[C@@H](O)[C@@H]1O. The molecule has 10 heterocycles. The molecule has 51 atom stereocenters. The zero-order chi connectivity index (χ0) is 95.1. The molecular weight excluding hydrogens is 1760 g/mol. The molecule has 10 aliphatic heterocycles. The molecule has 0 spiro atoms. The Balaban J connectivity index is 0.973. The number of rotatable bonds is 36. The number of amides is 4. The normalized spacial score (nSPS) is 48.1. The standard InChI is InChI=1S/C73H122N4O52/c1-19-25(92)7-73(111-18-87,128-56(19)40(94)26(93)8-78)129-62-44(98)30(12-82)114-70(55(62)109)124-60-34(16-86)119-67(39(49(60)103)77-24(6)91)127-64-52(106)43(97)29(11-81)116-72(64)125-61-45(99)35(120-69(54(61)108)123-59-33(15-85)117-65(37(47(59)101)75-22(4)89)121-57-31(13-83)112-20(2)36(46(57)100)74-21(3)88)17-110-71-63(51(105)42(96)28(10-80)115-71)126-66-38(76-23(5)90)48(102)58(32(14-84)118-66)122-68-53(107)50(104)41(95)27(9-79)113-68/h18-20,25-72,78-86,92-109H,7-17H2,1-6H3,(H,74,88)(H,75,89)(H,76,90)(H,77,91)/t19-,20+,25-,26-,27?,28?,29?,30?,31?,32+,33?,34?,35?,36-,37+,38?,39?,40-,41+,42-,43-,44+,45-,46?,47?,48?,49-,50+,51+,52?,53?,54-,55?,56?,57-,58-,59-,60-,61?,62+,63?,64?,65+,66+,67+,68+,69+,70+,71+,72-,73+/m1/s1. The molecule has 0 saturated carbocycles. The Kier molecular flexibility index (Phi) is 38.5. The zero-order valence-corrected chi connectivity index (χ0v) is 70.0. The van der Waals surface area contributed by atoms with Crippen LogP contribution in [0.3, 0.4) is 0 Å². The first kappa shape index (κ1) is 107. The number of carbonyl (C=O) groups is 5. The highest BCUT2D eigenvalue weighted by molar-refractivity contribution is 5.74. The third-order valence-electron chi connectivity index (χ3n) is 24.0. The molecule has 31 N–H and O–H groups in total. The molecule has 56 nitrogen and oxygen atoms in total. The van der Waals surface area contributed by atoms with E-state index in [1.165, 1.54) is 13.8 Å². The van der Waals surface area contributed by atoms with Gasteiger partial charge in [-0.2, -0.15) is 0 Å². The summed E-state index contributed by atoms with van der Waals surface area (Å²) in [5, 5.41) is 313. The van der Waals surface area contributed by atoms with Crippen LogP contribution in [0.1, 0.15) is 48.0 Å². The Labute approximate surface area is 732 Å². The number of hydrogen-bond acceptors (Lipinski definition) is 52. The summed E-state index contributed by atoms with van der Waals surface area (Å²) in [5.74, 6) is -7.59. The fourth-order valence-corrected chi connectivity index (χ4v) is 17.0. The molecule has 10 saturated heterocycles. The summed E-state index contributed by atoms with van der Waals surface area (Å²) in [7, 11) is 0. The van der Waals surface area contributed by atoms with Gasteiger partial charge in [-0.3, -0.25) is 24.0 Å². The molecule has 0 bridgehead atoms. The molecule has 10 fully saturated rings. The average Bonchev–Trinajstić information content (AvgIpc) is 0.760. The molecule has 56 heteroatoms. The van der Waals surface area contributed by atoms with Crippen LogP contribution in [-0.4, -0.2) is 540 Å². The van der Waals surface area contributed by atoms with Gasteiger partial charge in [0.2, 0.25) is 23.6 Å². The van der Waals surface area contributed by atoms with Gasteiger partial charge in [-0.05, 0) is 6.92 Å². The summed E-state index contributed by atoms with van der Waals surface area (Å²) in [4.78, 5) is 63.8. The van der Waals surface area contributed by atoms with Gasteiger partial charge in [-0.25, -0.2) is 0 Å². The van der Waals surface area contributed by atoms with Gasteiger partial charge in [0.15, 0.2) is 50.3 Å². The molecule has 10 aliphatic rings. The van der Waals surface area contributed by atoms with E-state index in [-0.39, 0.29) is 6.47 Å². The van der Waals surface area contributed by atoms with E-state index in [4.69, 9.17) is 94.7 Å².